The monoisotopic (exact) mass is 251 g/mol. The first-order chi connectivity index (χ1) is 8.33. The lowest BCUT2D eigenvalue weighted by atomic mass is 9.98. The second-order valence-corrected chi connectivity index (χ2v) is 5.90. The molecule has 1 aromatic carbocycles. The van der Waals surface area contributed by atoms with Gasteiger partial charge in [-0.2, -0.15) is 0 Å². The van der Waals surface area contributed by atoms with Crippen molar-refractivity contribution in [2.45, 2.75) is 52.2 Å². The van der Waals surface area contributed by atoms with Crippen LogP contribution < -0.4 is 4.90 Å². The van der Waals surface area contributed by atoms with Crippen molar-refractivity contribution in [1.82, 2.24) is 0 Å². The first-order valence-electron chi connectivity index (χ1n) is 6.58. The molecule has 0 aromatic heterocycles. The van der Waals surface area contributed by atoms with Crippen molar-refractivity contribution in [3.8, 4) is 0 Å². The van der Waals surface area contributed by atoms with Gasteiger partial charge in [0.1, 0.15) is 5.82 Å². The third kappa shape index (κ3) is 2.24. The highest BCUT2D eigenvalue weighted by atomic mass is 19.1. The number of hydrogen-bond donors (Lipinski definition) is 1. The topological polar surface area (TPSA) is 23.5 Å². The molecular formula is C15H22FNO. The van der Waals surface area contributed by atoms with Gasteiger partial charge in [-0.15, -0.1) is 0 Å². The summed E-state index contributed by atoms with van der Waals surface area (Å²) in [5.41, 5.74) is 2.38. The van der Waals surface area contributed by atoms with E-state index in [9.17, 15) is 9.50 Å². The van der Waals surface area contributed by atoms with Crippen molar-refractivity contribution in [2.75, 3.05) is 11.4 Å². The van der Waals surface area contributed by atoms with Crippen molar-refractivity contribution in [1.29, 1.82) is 0 Å². The van der Waals surface area contributed by atoms with E-state index in [1.807, 2.05) is 6.07 Å². The predicted octanol–water partition coefficient (Wildman–Crippen LogP) is 3.57. The molecule has 1 saturated heterocycles. The lowest BCUT2D eigenvalue weighted by Gasteiger charge is -2.36. The van der Waals surface area contributed by atoms with Gasteiger partial charge < -0.3 is 10.0 Å². The number of aliphatic hydroxyl groups is 1. The van der Waals surface area contributed by atoms with E-state index in [4.69, 9.17) is 0 Å². The van der Waals surface area contributed by atoms with E-state index < -0.39 is 6.10 Å². The summed E-state index contributed by atoms with van der Waals surface area (Å²) in [6.45, 7) is 8.83. The number of aliphatic hydroxyl groups excluding tert-OH is 1. The molecule has 1 N–H and O–H groups in total. The Morgan fingerprint density at radius 3 is 2.56 bits per heavy atom. The number of hydrogen-bond acceptors (Lipinski definition) is 2. The minimum Gasteiger partial charge on any atom is -0.389 e. The molecular weight excluding hydrogens is 229 g/mol. The van der Waals surface area contributed by atoms with Gasteiger partial charge in [0, 0.05) is 23.3 Å². The molecule has 1 atom stereocenters. The van der Waals surface area contributed by atoms with E-state index in [0.717, 1.165) is 25.1 Å². The Balaban J connectivity index is 2.52. The number of anilines is 1. The van der Waals surface area contributed by atoms with E-state index >= 15 is 0 Å². The van der Waals surface area contributed by atoms with E-state index in [2.05, 4.69) is 18.7 Å². The van der Waals surface area contributed by atoms with Crippen LogP contribution >= 0.6 is 0 Å². The predicted molar refractivity (Wildman–Crippen MR) is 72.4 cm³/mol. The molecule has 1 aliphatic heterocycles. The van der Waals surface area contributed by atoms with Crippen molar-refractivity contribution in [3.63, 3.8) is 0 Å². The van der Waals surface area contributed by atoms with Crippen molar-refractivity contribution >= 4 is 5.69 Å². The molecule has 2 nitrogen and oxygen atoms in total. The largest absolute Gasteiger partial charge is 0.389 e. The van der Waals surface area contributed by atoms with Gasteiger partial charge in [-0.3, -0.25) is 0 Å². The average molecular weight is 251 g/mol. The van der Waals surface area contributed by atoms with Gasteiger partial charge in [0.15, 0.2) is 0 Å². The smallest absolute Gasteiger partial charge is 0.126 e. The Hall–Kier alpha value is -1.09. The Morgan fingerprint density at radius 1 is 1.39 bits per heavy atom. The Morgan fingerprint density at radius 2 is 2.06 bits per heavy atom. The van der Waals surface area contributed by atoms with Gasteiger partial charge >= 0.3 is 0 Å². The minimum absolute atomic E-state index is 0.0773. The van der Waals surface area contributed by atoms with Gasteiger partial charge in [-0.05, 0) is 58.2 Å². The summed E-state index contributed by atoms with van der Waals surface area (Å²) in [5.74, 6) is -0.244. The van der Waals surface area contributed by atoms with Gasteiger partial charge in [0.2, 0.25) is 0 Å². The van der Waals surface area contributed by atoms with Crippen LogP contribution in [0.2, 0.25) is 0 Å². The van der Waals surface area contributed by atoms with Crippen LogP contribution in [0.25, 0.3) is 0 Å². The lowest BCUT2D eigenvalue weighted by molar-refractivity contribution is 0.199. The molecule has 2 rings (SSSR count). The standard InChI is InChI=1S/C15H22FNO/c1-10-8-14(12(11(2)18)9-13(10)16)17-7-5-6-15(17,3)4/h8-9,11,18H,5-7H2,1-4H3/t11-/m0/s1. The molecule has 1 fully saturated rings. The fourth-order valence-corrected chi connectivity index (χ4v) is 2.80. The van der Waals surface area contributed by atoms with Crippen LogP contribution in [0.1, 0.15) is 50.8 Å². The number of benzene rings is 1. The molecule has 0 spiro atoms. The van der Waals surface area contributed by atoms with Crippen LogP contribution in [0.5, 0.6) is 0 Å². The molecule has 1 heterocycles. The Kier molecular flexibility index (Phi) is 3.37. The molecule has 0 unspecified atom stereocenters. The molecule has 0 aliphatic carbocycles. The quantitative estimate of drug-likeness (QED) is 0.868. The number of rotatable bonds is 2. The molecule has 18 heavy (non-hydrogen) atoms. The third-order valence-electron chi connectivity index (χ3n) is 3.95. The zero-order chi connectivity index (χ0) is 13.5. The van der Waals surface area contributed by atoms with Gasteiger partial charge in [-0.25, -0.2) is 4.39 Å². The number of aryl methyl sites for hydroxylation is 1. The lowest BCUT2D eigenvalue weighted by Crippen LogP contribution is -2.39. The molecule has 1 aromatic rings. The summed E-state index contributed by atoms with van der Waals surface area (Å²) in [6, 6.07) is 3.34. The average Bonchev–Trinajstić information content (AvgIpc) is 2.61. The summed E-state index contributed by atoms with van der Waals surface area (Å²) in [6.07, 6.45) is 1.62. The van der Waals surface area contributed by atoms with Gasteiger partial charge in [0.25, 0.3) is 0 Å². The molecule has 1 aliphatic rings. The molecule has 3 heteroatoms. The molecule has 0 bridgehead atoms. The maximum atomic E-state index is 13.7. The van der Waals surface area contributed by atoms with Crippen LogP contribution in [-0.4, -0.2) is 17.2 Å². The number of halogens is 1. The fraction of sp³-hybridized carbons (Fsp3) is 0.600. The van der Waals surface area contributed by atoms with Crippen LogP contribution in [0, 0.1) is 12.7 Å². The van der Waals surface area contributed by atoms with Crippen molar-refractivity contribution in [2.24, 2.45) is 0 Å². The first-order valence-corrected chi connectivity index (χ1v) is 6.58. The Labute approximate surface area is 108 Å². The first kappa shape index (κ1) is 13.3. The van der Waals surface area contributed by atoms with E-state index in [1.165, 1.54) is 6.07 Å². The summed E-state index contributed by atoms with van der Waals surface area (Å²) >= 11 is 0. The van der Waals surface area contributed by atoms with Gasteiger partial charge in [-0.1, -0.05) is 0 Å². The maximum absolute atomic E-state index is 13.7. The van der Waals surface area contributed by atoms with Crippen molar-refractivity contribution < 1.29 is 9.50 Å². The summed E-state index contributed by atoms with van der Waals surface area (Å²) in [5, 5.41) is 9.86. The zero-order valence-electron chi connectivity index (χ0n) is 11.6. The summed E-state index contributed by atoms with van der Waals surface area (Å²) in [7, 11) is 0. The van der Waals surface area contributed by atoms with Gasteiger partial charge in [0.05, 0.1) is 6.10 Å². The van der Waals surface area contributed by atoms with Crippen LogP contribution in [0.15, 0.2) is 12.1 Å². The third-order valence-corrected chi connectivity index (χ3v) is 3.95. The second-order valence-electron chi connectivity index (χ2n) is 5.90. The molecule has 100 valence electrons. The van der Waals surface area contributed by atoms with Crippen molar-refractivity contribution in [3.05, 3.63) is 29.1 Å². The van der Waals surface area contributed by atoms with E-state index in [-0.39, 0.29) is 11.4 Å². The minimum atomic E-state index is -0.647. The highest BCUT2D eigenvalue weighted by Crippen LogP contribution is 2.38. The van der Waals surface area contributed by atoms with E-state index in [0.29, 0.717) is 11.1 Å². The molecule has 0 amide bonds. The number of nitrogens with zero attached hydrogens (tertiary/aromatic N) is 1. The van der Waals surface area contributed by atoms with Crippen LogP contribution in [-0.2, 0) is 0 Å². The molecule has 0 radical (unpaired) electrons. The summed E-state index contributed by atoms with van der Waals surface area (Å²) < 4.78 is 13.7. The SMILES string of the molecule is Cc1cc(N2CCCC2(C)C)c([C@H](C)O)cc1F. The Bertz CT molecular complexity index is 454. The fourth-order valence-electron chi connectivity index (χ4n) is 2.80. The van der Waals surface area contributed by atoms with Crippen LogP contribution in [0.3, 0.4) is 0 Å². The molecule has 0 saturated carbocycles. The second kappa shape index (κ2) is 4.54. The summed E-state index contributed by atoms with van der Waals surface area (Å²) in [4.78, 5) is 2.29. The normalized spacial score (nSPS) is 20.2. The zero-order valence-corrected chi connectivity index (χ0v) is 11.6. The highest BCUT2D eigenvalue weighted by molar-refractivity contribution is 5.59. The highest BCUT2D eigenvalue weighted by Gasteiger charge is 2.33. The van der Waals surface area contributed by atoms with Crippen LogP contribution in [0.4, 0.5) is 10.1 Å². The maximum Gasteiger partial charge on any atom is 0.126 e. The van der Waals surface area contributed by atoms with E-state index in [1.54, 1.807) is 13.8 Å².